The van der Waals surface area contributed by atoms with Crippen molar-refractivity contribution in [2.24, 2.45) is 5.92 Å². The Kier molecular flexibility index (Phi) is 8.91. The van der Waals surface area contributed by atoms with Crippen molar-refractivity contribution in [3.8, 4) is 22.6 Å². The summed E-state index contributed by atoms with van der Waals surface area (Å²) in [5.74, 6) is 1.15. The number of piperidine rings is 1. The summed E-state index contributed by atoms with van der Waals surface area (Å²) >= 11 is 0. The molecule has 1 fully saturated rings. The van der Waals surface area contributed by atoms with Gasteiger partial charge in [-0.25, -0.2) is 17.1 Å². The van der Waals surface area contributed by atoms with Crippen molar-refractivity contribution in [3.05, 3.63) is 81.7 Å². The number of rotatable bonds is 9. The SMILES string of the molecule is COC(=O)C[C@@H]1OCc2cc(O[C@@H]3CCc4c(-c5c(C)cc(OCC6CCN(S(C)(=O)=O)CC6)cc5C)ccc(F)c43)ccc21. The first-order chi connectivity index (χ1) is 21.5. The van der Waals surface area contributed by atoms with Gasteiger partial charge >= 0.3 is 5.97 Å². The largest absolute Gasteiger partial charge is 0.493 e. The van der Waals surface area contributed by atoms with Gasteiger partial charge in [-0.1, -0.05) is 12.1 Å². The number of benzene rings is 3. The highest BCUT2D eigenvalue weighted by atomic mass is 32.2. The van der Waals surface area contributed by atoms with Crippen LogP contribution in [0.1, 0.15) is 71.3 Å². The fourth-order valence-electron chi connectivity index (χ4n) is 7.02. The molecule has 0 radical (unpaired) electrons. The first kappa shape index (κ1) is 31.5. The summed E-state index contributed by atoms with van der Waals surface area (Å²) in [5, 5.41) is 0. The minimum Gasteiger partial charge on any atom is -0.493 e. The van der Waals surface area contributed by atoms with Crippen molar-refractivity contribution < 1.29 is 36.6 Å². The molecule has 3 aromatic rings. The van der Waals surface area contributed by atoms with Crippen LogP contribution in [0.3, 0.4) is 0 Å². The van der Waals surface area contributed by atoms with E-state index in [-0.39, 0.29) is 24.3 Å². The lowest BCUT2D eigenvalue weighted by Gasteiger charge is -2.30. The second-order valence-corrected chi connectivity index (χ2v) is 14.4. The van der Waals surface area contributed by atoms with Gasteiger partial charge in [0, 0.05) is 18.7 Å². The maximum Gasteiger partial charge on any atom is 0.308 e. The fourth-order valence-corrected chi connectivity index (χ4v) is 7.90. The van der Waals surface area contributed by atoms with E-state index in [1.807, 2.05) is 36.4 Å². The molecule has 0 unspecified atom stereocenters. The Morgan fingerprint density at radius 3 is 2.44 bits per heavy atom. The topological polar surface area (TPSA) is 91.4 Å². The van der Waals surface area contributed by atoms with Crippen LogP contribution in [-0.2, 0) is 37.3 Å². The van der Waals surface area contributed by atoms with E-state index in [2.05, 4.69) is 13.8 Å². The maximum absolute atomic E-state index is 15.4. The number of hydrogen-bond acceptors (Lipinski definition) is 7. The summed E-state index contributed by atoms with van der Waals surface area (Å²) in [6.07, 6.45) is 3.60. The lowest BCUT2D eigenvalue weighted by Crippen LogP contribution is -2.39. The average Bonchev–Trinajstić information content (AvgIpc) is 3.61. The number of carbonyl (C=O) groups is 1. The van der Waals surface area contributed by atoms with E-state index < -0.39 is 16.1 Å². The summed E-state index contributed by atoms with van der Waals surface area (Å²) in [4.78, 5) is 11.8. The molecule has 45 heavy (non-hydrogen) atoms. The van der Waals surface area contributed by atoms with Gasteiger partial charge in [-0.2, -0.15) is 0 Å². The molecule has 6 rings (SSSR count). The Morgan fingerprint density at radius 1 is 1.02 bits per heavy atom. The van der Waals surface area contributed by atoms with Crippen LogP contribution in [0, 0.1) is 25.6 Å². The van der Waals surface area contributed by atoms with Crippen LogP contribution in [0.4, 0.5) is 4.39 Å². The molecule has 3 aliphatic rings. The van der Waals surface area contributed by atoms with Crippen molar-refractivity contribution in [2.75, 3.05) is 33.1 Å². The van der Waals surface area contributed by atoms with Gasteiger partial charge in [-0.15, -0.1) is 0 Å². The molecule has 8 nitrogen and oxygen atoms in total. The first-order valence-corrected chi connectivity index (χ1v) is 17.4. The van der Waals surface area contributed by atoms with Crippen molar-refractivity contribution in [1.29, 1.82) is 0 Å². The summed E-state index contributed by atoms with van der Waals surface area (Å²) < 4.78 is 63.7. The van der Waals surface area contributed by atoms with Gasteiger partial charge in [-0.05, 0) is 115 Å². The van der Waals surface area contributed by atoms with Gasteiger partial charge in [0.25, 0.3) is 0 Å². The van der Waals surface area contributed by atoms with E-state index in [0.29, 0.717) is 56.4 Å². The molecule has 0 bridgehead atoms. The maximum atomic E-state index is 15.4. The normalized spacial score (nSPS) is 20.1. The van der Waals surface area contributed by atoms with Crippen molar-refractivity contribution >= 4 is 16.0 Å². The van der Waals surface area contributed by atoms with E-state index in [4.69, 9.17) is 18.9 Å². The average molecular weight is 638 g/mol. The minimum atomic E-state index is -3.15. The number of methoxy groups -OCH3 is 1. The molecule has 1 saturated heterocycles. The zero-order valence-corrected chi connectivity index (χ0v) is 27.0. The Bertz CT molecular complexity index is 1690. The third-order valence-electron chi connectivity index (χ3n) is 9.35. The molecule has 240 valence electrons. The Morgan fingerprint density at radius 2 is 1.76 bits per heavy atom. The van der Waals surface area contributed by atoms with Crippen LogP contribution in [0.25, 0.3) is 11.1 Å². The molecule has 0 amide bonds. The van der Waals surface area contributed by atoms with Gasteiger partial charge in [0.1, 0.15) is 23.4 Å². The molecule has 0 aromatic heterocycles. The Balaban J connectivity index is 1.17. The predicted octanol–water partition coefficient (Wildman–Crippen LogP) is 6.36. The predicted molar refractivity (Wildman–Crippen MR) is 168 cm³/mol. The van der Waals surface area contributed by atoms with Crippen molar-refractivity contribution in [3.63, 3.8) is 0 Å². The van der Waals surface area contributed by atoms with Gasteiger partial charge < -0.3 is 18.9 Å². The molecule has 0 N–H and O–H groups in total. The molecule has 1 aliphatic carbocycles. The van der Waals surface area contributed by atoms with E-state index in [1.54, 1.807) is 0 Å². The molecular weight excluding hydrogens is 597 g/mol. The highest BCUT2D eigenvalue weighted by molar-refractivity contribution is 7.88. The molecular formula is C35H40FNO7S. The summed E-state index contributed by atoms with van der Waals surface area (Å²) in [6, 6.07) is 13.2. The van der Waals surface area contributed by atoms with Crippen LogP contribution in [0.2, 0.25) is 0 Å². The summed E-state index contributed by atoms with van der Waals surface area (Å²) in [7, 11) is -1.79. The van der Waals surface area contributed by atoms with E-state index >= 15 is 4.39 Å². The molecule has 3 aromatic carbocycles. The first-order valence-electron chi connectivity index (χ1n) is 15.5. The Hall–Kier alpha value is -3.47. The molecule has 0 saturated carbocycles. The minimum absolute atomic E-state index is 0.159. The molecule has 2 aliphatic heterocycles. The zero-order valence-electron chi connectivity index (χ0n) is 26.2. The quantitative estimate of drug-likeness (QED) is 0.252. The highest BCUT2D eigenvalue weighted by Gasteiger charge is 2.32. The second-order valence-electron chi connectivity index (χ2n) is 12.4. The van der Waals surface area contributed by atoms with Crippen LogP contribution in [0.15, 0.2) is 42.5 Å². The number of carbonyl (C=O) groups excluding carboxylic acids is 1. The molecule has 10 heteroatoms. The number of fused-ring (bicyclic) bond motifs is 2. The van der Waals surface area contributed by atoms with Gasteiger partial charge in [0.2, 0.25) is 10.0 Å². The van der Waals surface area contributed by atoms with Crippen LogP contribution in [0.5, 0.6) is 11.5 Å². The number of halogens is 1. The smallest absolute Gasteiger partial charge is 0.308 e. The van der Waals surface area contributed by atoms with Crippen LogP contribution >= 0.6 is 0 Å². The zero-order chi connectivity index (χ0) is 31.9. The van der Waals surface area contributed by atoms with Gasteiger partial charge in [-0.3, -0.25) is 4.79 Å². The second kappa shape index (κ2) is 12.7. The standard InChI is InChI=1S/C35H40FNO7S/c1-21-15-26(42-19-23-11-13-37(14-12-23)45(4,39)40)16-22(2)34(21)28-7-9-30(36)35-29(28)8-10-31(35)44-25-5-6-27-24(17-25)20-43-32(27)18-33(38)41-3/h5-7,9,15-17,23,31-32H,8,10-14,18-20H2,1-4H3/t31-,32+/m1/s1. The van der Waals surface area contributed by atoms with E-state index in [0.717, 1.165) is 57.5 Å². The van der Waals surface area contributed by atoms with E-state index in [9.17, 15) is 13.2 Å². The number of sulfonamides is 1. The van der Waals surface area contributed by atoms with Crippen molar-refractivity contribution in [1.82, 2.24) is 4.31 Å². The monoisotopic (exact) mass is 637 g/mol. The fraction of sp³-hybridized carbons (Fsp3) is 0.457. The van der Waals surface area contributed by atoms with Crippen molar-refractivity contribution in [2.45, 2.75) is 64.8 Å². The number of esters is 1. The highest BCUT2D eigenvalue weighted by Crippen LogP contribution is 2.44. The molecule has 2 atom stereocenters. The number of nitrogens with zero attached hydrogens (tertiary/aromatic N) is 1. The van der Waals surface area contributed by atoms with Crippen LogP contribution in [-0.4, -0.2) is 51.8 Å². The van der Waals surface area contributed by atoms with E-state index in [1.165, 1.54) is 23.7 Å². The number of ether oxygens (including phenoxy) is 4. The van der Waals surface area contributed by atoms with Crippen LogP contribution < -0.4 is 9.47 Å². The summed E-state index contributed by atoms with van der Waals surface area (Å²) in [6.45, 7) is 6.10. The van der Waals surface area contributed by atoms with Gasteiger partial charge in [0.05, 0.1) is 39.1 Å². The number of aryl methyl sites for hydroxylation is 2. The lowest BCUT2D eigenvalue weighted by molar-refractivity contribution is -0.143. The molecule has 2 heterocycles. The summed E-state index contributed by atoms with van der Waals surface area (Å²) in [5.41, 5.74) is 7.68. The third-order valence-corrected chi connectivity index (χ3v) is 10.6. The van der Waals surface area contributed by atoms with Gasteiger partial charge in [0.15, 0.2) is 0 Å². The third kappa shape index (κ3) is 6.59. The number of hydrogen-bond donors (Lipinski definition) is 0. The molecule has 0 spiro atoms. The Labute approximate surface area is 264 Å². The lowest BCUT2D eigenvalue weighted by atomic mass is 9.90.